The molecular weight excluding hydrogens is 348 g/mol. The maximum Gasteiger partial charge on any atom is 0.405 e. The molecule has 2 N–H and O–H groups in total. The minimum atomic E-state index is -0.725. The van der Waals surface area contributed by atoms with E-state index in [1.807, 2.05) is 4.90 Å². The van der Waals surface area contributed by atoms with E-state index in [9.17, 15) is 14.9 Å². The maximum absolute atomic E-state index is 11.1. The van der Waals surface area contributed by atoms with Crippen LogP contribution >= 0.6 is 11.6 Å². The normalized spacial score (nSPS) is 14.4. The third kappa shape index (κ3) is 7.13. The number of carbonyl (C=O) groups excluding carboxylic acids is 1. The number of aryl methyl sites for hydroxylation is 1. The van der Waals surface area contributed by atoms with Gasteiger partial charge in [0.25, 0.3) is 0 Å². The highest BCUT2D eigenvalue weighted by Gasteiger charge is 2.25. The molecule has 9 heteroatoms. The average molecular weight is 373 g/mol. The van der Waals surface area contributed by atoms with Crippen LogP contribution in [0.15, 0.2) is 6.07 Å². The van der Waals surface area contributed by atoms with Gasteiger partial charge in [-0.15, -0.1) is 0 Å². The third-order valence-corrected chi connectivity index (χ3v) is 3.61. The van der Waals surface area contributed by atoms with Gasteiger partial charge in [0, 0.05) is 18.8 Å². The number of anilines is 1. The first kappa shape index (κ1) is 21.0. The number of nitrogens with two attached hydrogens (primary N) is 1. The number of rotatable bonds is 2. The fraction of sp³-hybridized carbons (Fsp3) is 0.625. The number of nitro groups is 1. The van der Waals surface area contributed by atoms with Crippen LogP contribution in [0.25, 0.3) is 0 Å². The number of hydrogen-bond acceptors (Lipinski definition) is 6. The number of ether oxygens (including phenoxy) is 1. The Hall–Kier alpha value is -2.09. The number of nitrogens with zero attached hydrogens (tertiary/aromatic N) is 3. The second kappa shape index (κ2) is 8.84. The van der Waals surface area contributed by atoms with E-state index in [2.05, 4.69) is 9.72 Å². The minimum Gasteiger partial charge on any atom is -0.444 e. The lowest BCUT2D eigenvalue weighted by molar-refractivity contribution is -0.384. The first-order valence-corrected chi connectivity index (χ1v) is 8.44. The van der Waals surface area contributed by atoms with Crippen molar-refractivity contribution in [1.82, 2.24) is 4.98 Å². The zero-order valence-electron chi connectivity index (χ0n) is 15.0. The van der Waals surface area contributed by atoms with E-state index < -0.39 is 16.6 Å². The molecule has 0 radical (unpaired) electrons. The molecular formula is C16H25ClN4O4. The second-order valence-corrected chi connectivity index (χ2v) is 7.12. The van der Waals surface area contributed by atoms with E-state index in [4.69, 9.17) is 17.3 Å². The predicted molar refractivity (Wildman–Crippen MR) is 97.1 cm³/mol. The SMILES string of the molecule is CC(C)(C)OC(N)=O.Cc1cc(N2CCCCC2)c([N+](=O)[O-])c(Cl)n1. The van der Waals surface area contributed by atoms with Gasteiger partial charge >= 0.3 is 11.8 Å². The molecule has 0 saturated carbocycles. The zero-order chi connectivity index (χ0) is 19.2. The number of carbonyl (C=O) groups is 1. The molecule has 1 aromatic rings. The molecule has 1 aliphatic heterocycles. The average Bonchev–Trinajstić information content (AvgIpc) is 2.44. The molecule has 25 heavy (non-hydrogen) atoms. The summed E-state index contributed by atoms with van der Waals surface area (Å²) in [4.78, 5) is 26.6. The molecule has 1 saturated heterocycles. The molecule has 2 rings (SSSR count). The number of pyridine rings is 1. The Labute approximate surface area is 152 Å². The van der Waals surface area contributed by atoms with Crippen molar-refractivity contribution in [3.63, 3.8) is 0 Å². The lowest BCUT2D eigenvalue weighted by atomic mass is 10.1. The van der Waals surface area contributed by atoms with E-state index in [0.717, 1.165) is 25.9 Å². The van der Waals surface area contributed by atoms with Crippen molar-refractivity contribution in [1.29, 1.82) is 0 Å². The van der Waals surface area contributed by atoms with Crippen LogP contribution in [0.3, 0.4) is 0 Å². The Morgan fingerprint density at radius 2 is 1.92 bits per heavy atom. The van der Waals surface area contributed by atoms with Gasteiger partial charge in [0.15, 0.2) is 0 Å². The van der Waals surface area contributed by atoms with Gasteiger partial charge in [-0.3, -0.25) is 10.1 Å². The fourth-order valence-electron chi connectivity index (χ4n) is 2.46. The Kier molecular flexibility index (Phi) is 7.41. The summed E-state index contributed by atoms with van der Waals surface area (Å²) in [6, 6.07) is 1.75. The summed E-state index contributed by atoms with van der Waals surface area (Å²) in [6.07, 6.45) is 2.59. The molecule has 0 bridgehead atoms. The van der Waals surface area contributed by atoms with Crippen LogP contribution in [0.4, 0.5) is 16.2 Å². The van der Waals surface area contributed by atoms with Crippen LogP contribution in [0.5, 0.6) is 0 Å². The number of halogens is 1. The zero-order valence-corrected chi connectivity index (χ0v) is 15.8. The Bertz CT molecular complexity index is 625. The summed E-state index contributed by atoms with van der Waals surface area (Å²) >= 11 is 5.87. The highest BCUT2D eigenvalue weighted by Crippen LogP contribution is 2.35. The van der Waals surface area contributed by atoms with Crippen molar-refractivity contribution in [2.75, 3.05) is 18.0 Å². The Morgan fingerprint density at radius 3 is 2.32 bits per heavy atom. The summed E-state index contributed by atoms with van der Waals surface area (Å²) in [5.41, 5.74) is 5.51. The van der Waals surface area contributed by atoms with Gasteiger partial charge in [-0.05, 0) is 53.0 Å². The van der Waals surface area contributed by atoms with Gasteiger partial charge in [-0.1, -0.05) is 11.6 Å². The van der Waals surface area contributed by atoms with Crippen LogP contribution < -0.4 is 10.6 Å². The molecule has 0 aromatic carbocycles. The summed E-state index contributed by atoms with van der Waals surface area (Å²) in [7, 11) is 0. The van der Waals surface area contributed by atoms with E-state index in [0.29, 0.717) is 11.4 Å². The van der Waals surface area contributed by atoms with Crippen molar-refractivity contribution in [2.45, 2.75) is 52.6 Å². The minimum absolute atomic E-state index is 0.0180. The molecule has 1 fully saturated rings. The lowest BCUT2D eigenvalue weighted by Gasteiger charge is -2.28. The third-order valence-electron chi connectivity index (χ3n) is 3.34. The van der Waals surface area contributed by atoms with Crippen molar-refractivity contribution < 1.29 is 14.5 Å². The van der Waals surface area contributed by atoms with Crippen molar-refractivity contribution in [3.8, 4) is 0 Å². The lowest BCUT2D eigenvalue weighted by Crippen LogP contribution is -2.30. The quantitative estimate of drug-likeness (QED) is 0.479. The van der Waals surface area contributed by atoms with Crippen molar-refractivity contribution in [2.24, 2.45) is 5.73 Å². The van der Waals surface area contributed by atoms with E-state index in [1.54, 1.807) is 33.8 Å². The molecule has 0 atom stereocenters. The summed E-state index contributed by atoms with van der Waals surface area (Å²) in [6.45, 7) is 8.78. The van der Waals surface area contributed by atoms with Crippen LogP contribution in [-0.4, -0.2) is 34.7 Å². The molecule has 1 aromatic heterocycles. The fourth-order valence-corrected chi connectivity index (χ4v) is 2.76. The summed E-state index contributed by atoms with van der Waals surface area (Å²) < 4.78 is 4.58. The molecule has 0 spiro atoms. The first-order valence-electron chi connectivity index (χ1n) is 8.06. The molecule has 2 heterocycles. The number of hydrogen-bond donors (Lipinski definition) is 1. The van der Waals surface area contributed by atoms with Crippen LogP contribution in [-0.2, 0) is 4.74 Å². The molecule has 1 amide bonds. The molecule has 140 valence electrons. The predicted octanol–water partition coefficient (Wildman–Crippen LogP) is 3.82. The van der Waals surface area contributed by atoms with E-state index in [-0.39, 0.29) is 10.8 Å². The van der Waals surface area contributed by atoms with Gasteiger partial charge in [0.05, 0.1) is 4.92 Å². The van der Waals surface area contributed by atoms with Crippen LogP contribution in [0.2, 0.25) is 5.15 Å². The smallest absolute Gasteiger partial charge is 0.405 e. The van der Waals surface area contributed by atoms with Crippen LogP contribution in [0, 0.1) is 17.0 Å². The topological polar surface area (TPSA) is 112 Å². The second-order valence-electron chi connectivity index (χ2n) is 6.76. The largest absolute Gasteiger partial charge is 0.444 e. The highest BCUT2D eigenvalue weighted by atomic mass is 35.5. The van der Waals surface area contributed by atoms with E-state index in [1.165, 1.54) is 6.42 Å². The maximum atomic E-state index is 11.1. The molecule has 8 nitrogen and oxygen atoms in total. The Morgan fingerprint density at radius 1 is 1.36 bits per heavy atom. The van der Waals surface area contributed by atoms with Gasteiger partial charge in [0.1, 0.15) is 11.3 Å². The summed E-state index contributed by atoms with van der Waals surface area (Å²) in [5.74, 6) is 0. The Balaban J connectivity index is 0.000000333. The van der Waals surface area contributed by atoms with E-state index >= 15 is 0 Å². The van der Waals surface area contributed by atoms with Gasteiger partial charge in [-0.25, -0.2) is 9.78 Å². The number of aromatic nitrogens is 1. The highest BCUT2D eigenvalue weighted by molar-refractivity contribution is 6.32. The monoisotopic (exact) mass is 372 g/mol. The molecule has 0 aliphatic carbocycles. The number of amides is 1. The van der Waals surface area contributed by atoms with Crippen LogP contribution in [0.1, 0.15) is 45.7 Å². The molecule has 0 unspecified atom stereocenters. The first-order chi connectivity index (χ1) is 11.5. The van der Waals surface area contributed by atoms with Gasteiger partial charge < -0.3 is 15.4 Å². The summed E-state index contributed by atoms with van der Waals surface area (Å²) in [5, 5.41) is 11.0. The molecule has 1 aliphatic rings. The number of piperidine rings is 1. The van der Waals surface area contributed by atoms with Gasteiger partial charge in [-0.2, -0.15) is 0 Å². The number of primary amides is 1. The van der Waals surface area contributed by atoms with Crippen molar-refractivity contribution >= 4 is 29.1 Å². The van der Waals surface area contributed by atoms with Crippen molar-refractivity contribution in [3.05, 3.63) is 27.0 Å². The standard InChI is InChI=1S/C11H14ClN3O2.C5H11NO2/c1-8-7-9(14-5-3-2-4-6-14)10(15(16)17)11(12)13-8;1-5(2,3)8-4(6)7/h7H,2-6H2,1H3;1-3H3,(H2,6,7). The van der Waals surface area contributed by atoms with Gasteiger partial charge in [0.2, 0.25) is 5.15 Å².